The number of carbonyl (C=O) groups excluding carboxylic acids is 1. The van der Waals surface area contributed by atoms with Crippen molar-refractivity contribution >= 4 is 5.91 Å². The van der Waals surface area contributed by atoms with Crippen LogP contribution in [0.2, 0.25) is 0 Å². The molecule has 0 saturated carbocycles. The quantitative estimate of drug-likeness (QED) is 0.833. The molecule has 3 heterocycles. The van der Waals surface area contributed by atoms with Crippen LogP contribution in [0.15, 0.2) is 48.7 Å². The molecule has 2 aromatic rings. The van der Waals surface area contributed by atoms with Gasteiger partial charge in [0.25, 0.3) is 0 Å². The highest BCUT2D eigenvalue weighted by atomic mass is 16.5. The number of rotatable bonds is 4. The van der Waals surface area contributed by atoms with Gasteiger partial charge in [-0.05, 0) is 24.5 Å². The Bertz CT molecular complexity index is 850. The van der Waals surface area contributed by atoms with Crippen LogP contribution in [-0.4, -0.2) is 48.2 Å². The lowest BCUT2D eigenvalue weighted by Crippen LogP contribution is -2.61. The van der Waals surface area contributed by atoms with Gasteiger partial charge in [-0.3, -0.25) is 4.79 Å². The fourth-order valence-corrected chi connectivity index (χ4v) is 3.82. The van der Waals surface area contributed by atoms with E-state index < -0.39 is 5.41 Å². The number of aromatic nitrogens is 1. The molecule has 138 valence electrons. The topological polar surface area (TPSA) is 75.5 Å². The number of likely N-dealkylation sites (tertiary alicyclic amines) is 1. The van der Waals surface area contributed by atoms with E-state index in [0.29, 0.717) is 50.6 Å². The third kappa shape index (κ3) is 3.38. The fourth-order valence-electron chi connectivity index (χ4n) is 3.82. The molecule has 0 unspecified atom stereocenters. The van der Waals surface area contributed by atoms with Crippen molar-refractivity contribution in [1.29, 1.82) is 5.26 Å². The minimum atomic E-state index is -0.505. The summed E-state index contributed by atoms with van der Waals surface area (Å²) in [5, 5.41) is 8.93. The highest BCUT2D eigenvalue weighted by Crippen LogP contribution is 2.38. The first-order valence-electron chi connectivity index (χ1n) is 9.17. The smallest absolute Gasteiger partial charge is 0.233 e. The SMILES string of the molecule is N#Cc1cc(OC2CN(C(=O)C3(c4ccccc4)CCOCC3)C2)ccn1. The van der Waals surface area contributed by atoms with Crippen molar-refractivity contribution in [3.63, 3.8) is 0 Å². The zero-order chi connectivity index (χ0) is 18.7. The largest absolute Gasteiger partial charge is 0.487 e. The third-order valence-corrected chi connectivity index (χ3v) is 5.37. The number of hydrogen-bond acceptors (Lipinski definition) is 5. The summed E-state index contributed by atoms with van der Waals surface area (Å²) in [7, 11) is 0. The molecule has 0 bridgehead atoms. The summed E-state index contributed by atoms with van der Waals surface area (Å²) >= 11 is 0. The van der Waals surface area contributed by atoms with Crippen LogP contribution in [0.1, 0.15) is 24.1 Å². The molecule has 2 aliphatic rings. The Morgan fingerprint density at radius 3 is 2.67 bits per heavy atom. The fraction of sp³-hybridized carbons (Fsp3) is 0.381. The van der Waals surface area contributed by atoms with Gasteiger partial charge in [0.15, 0.2) is 0 Å². The Morgan fingerprint density at radius 1 is 1.22 bits per heavy atom. The van der Waals surface area contributed by atoms with Gasteiger partial charge in [-0.15, -0.1) is 0 Å². The Kier molecular flexibility index (Phi) is 4.78. The summed E-state index contributed by atoms with van der Waals surface area (Å²) < 4.78 is 11.4. The van der Waals surface area contributed by atoms with Crippen LogP contribution in [-0.2, 0) is 14.9 Å². The first-order chi connectivity index (χ1) is 13.2. The van der Waals surface area contributed by atoms with E-state index >= 15 is 0 Å². The number of nitrogens with zero attached hydrogens (tertiary/aromatic N) is 3. The number of hydrogen-bond donors (Lipinski definition) is 0. The van der Waals surface area contributed by atoms with Crippen molar-refractivity contribution in [2.45, 2.75) is 24.4 Å². The lowest BCUT2D eigenvalue weighted by molar-refractivity contribution is -0.150. The average molecular weight is 363 g/mol. The van der Waals surface area contributed by atoms with Gasteiger partial charge in [0, 0.05) is 25.5 Å². The second kappa shape index (κ2) is 7.37. The van der Waals surface area contributed by atoms with Gasteiger partial charge in [-0.1, -0.05) is 30.3 Å². The molecule has 1 aromatic carbocycles. The van der Waals surface area contributed by atoms with Crippen molar-refractivity contribution in [3.8, 4) is 11.8 Å². The molecule has 1 aromatic heterocycles. The van der Waals surface area contributed by atoms with Gasteiger partial charge >= 0.3 is 0 Å². The maximum absolute atomic E-state index is 13.4. The van der Waals surface area contributed by atoms with Gasteiger partial charge in [0.1, 0.15) is 23.6 Å². The molecule has 27 heavy (non-hydrogen) atoms. The minimum absolute atomic E-state index is 0.0597. The van der Waals surface area contributed by atoms with E-state index in [9.17, 15) is 4.79 Å². The average Bonchev–Trinajstić information content (AvgIpc) is 2.71. The summed E-state index contributed by atoms with van der Waals surface area (Å²) in [5.41, 5.74) is 0.884. The van der Waals surface area contributed by atoms with Crippen molar-refractivity contribution < 1.29 is 14.3 Å². The van der Waals surface area contributed by atoms with Crippen LogP contribution in [0.4, 0.5) is 0 Å². The summed E-state index contributed by atoms with van der Waals surface area (Å²) in [6.45, 7) is 2.31. The van der Waals surface area contributed by atoms with E-state index in [0.717, 1.165) is 5.56 Å². The van der Waals surface area contributed by atoms with Crippen molar-refractivity contribution in [1.82, 2.24) is 9.88 Å². The van der Waals surface area contributed by atoms with E-state index in [1.807, 2.05) is 41.3 Å². The van der Waals surface area contributed by atoms with E-state index in [1.165, 1.54) is 0 Å². The first-order valence-corrected chi connectivity index (χ1v) is 9.17. The molecule has 0 radical (unpaired) electrons. The zero-order valence-electron chi connectivity index (χ0n) is 15.0. The molecule has 0 atom stereocenters. The maximum atomic E-state index is 13.4. The normalized spacial score (nSPS) is 19.0. The Balaban J connectivity index is 1.44. The number of benzene rings is 1. The van der Waals surface area contributed by atoms with Crippen molar-refractivity contribution in [2.24, 2.45) is 0 Å². The molecule has 2 fully saturated rings. The van der Waals surface area contributed by atoms with E-state index in [-0.39, 0.29) is 12.0 Å². The minimum Gasteiger partial charge on any atom is -0.487 e. The molecule has 6 heteroatoms. The highest BCUT2D eigenvalue weighted by Gasteiger charge is 2.47. The van der Waals surface area contributed by atoms with E-state index in [2.05, 4.69) is 4.98 Å². The van der Waals surface area contributed by atoms with Crippen LogP contribution in [0.25, 0.3) is 0 Å². The molecular weight excluding hydrogens is 342 g/mol. The highest BCUT2D eigenvalue weighted by molar-refractivity contribution is 5.89. The third-order valence-electron chi connectivity index (χ3n) is 5.37. The molecule has 2 saturated heterocycles. The second-order valence-electron chi connectivity index (χ2n) is 7.00. The summed E-state index contributed by atoms with van der Waals surface area (Å²) in [4.78, 5) is 19.2. The van der Waals surface area contributed by atoms with Crippen LogP contribution in [0.5, 0.6) is 5.75 Å². The first kappa shape index (κ1) is 17.5. The standard InChI is InChI=1S/C21H21N3O3/c22-13-17-12-18(6-9-23-17)27-19-14-24(15-19)20(25)21(7-10-26-11-8-21)16-4-2-1-3-5-16/h1-6,9,12,19H,7-8,10-11,14-15H2. The van der Waals surface area contributed by atoms with Crippen molar-refractivity contribution in [2.75, 3.05) is 26.3 Å². The molecule has 2 aliphatic heterocycles. The molecule has 1 amide bonds. The van der Waals surface area contributed by atoms with Crippen LogP contribution in [0, 0.1) is 11.3 Å². The zero-order valence-corrected chi connectivity index (χ0v) is 15.0. The lowest BCUT2D eigenvalue weighted by atomic mass is 9.72. The van der Waals surface area contributed by atoms with Crippen LogP contribution >= 0.6 is 0 Å². The predicted octanol–water partition coefficient (Wildman–Crippen LogP) is 2.29. The Labute approximate surface area is 158 Å². The summed E-state index contributed by atoms with van der Waals surface area (Å²) in [6, 6.07) is 15.4. The molecule has 6 nitrogen and oxygen atoms in total. The molecular formula is C21H21N3O3. The number of ether oxygens (including phenoxy) is 2. The lowest BCUT2D eigenvalue weighted by Gasteiger charge is -2.46. The number of amides is 1. The van der Waals surface area contributed by atoms with E-state index in [1.54, 1.807) is 18.3 Å². The predicted molar refractivity (Wildman–Crippen MR) is 98.1 cm³/mol. The van der Waals surface area contributed by atoms with Gasteiger partial charge in [0.05, 0.1) is 18.5 Å². The Hall–Kier alpha value is -2.91. The monoisotopic (exact) mass is 363 g/mol. The molecule has 0 spiro atoms. The van der Waals surface area contributed by atoms with Crippen LogP contribution < -0.4 is 4.74 Å². The second-order valence-corrected chi connectivity index (χ2v) is 7.00. The summed E-state index contributed by atoms with van der Waals surface area (Å²) in [5.74, 6) is 0.770. The van der Waals surface area contributed by atoms with Gasteiger partial charge < -0.3 is 14.4 Å². The molecule has 0 aliphatic carbocycles. The maximum Gasteiger partial charge on any atom is 0.233 e. The number of pyridine rings is 1. The van der Waals surface area contributed by atoms with E-state index in [4.69, 9.17) is 14.7 Å². The van der Waals surface area contributed by atoms with Crippen LogP contribution in [0.3, 0.4) is 0 Å². The van der Waals surface area contributed by atoms with Gasteiger partial charge in [-0.25, -0.2) is 4.98 Å². The number of nitriles is 1. The summed E-state index contributed by atoms with van der Waals surface area (Å²) in [6.07, 6.45) is 2.90. The van der Waals surface area contributed by atoms with Crippen molar-refractivity contribution in [3.05, 3.63) is 59.9 Å². The van der Waals surface area contributed by atoms with Gasteiger partial charge in [-0.2, -0.15) is 5.26 Å². The molecule has 4 rings (SSSR count). The Morgan fingerprint density at radius 2 is 1.96 bits per heavy atom. The van der Waals surface area contributed by atoms with Gasteiger partial charge in [0.2, 0.25) is 5.91 Å². The number of carbonyl (C=O) groups is 1. The molecule has 0 N–H and O–H groups in total.